The molecule has 2 N–H and O–H groups in total. The van der Waals surface area contributed by atoms with E-state index in [0.717, 1.165) is 6.07 Å². The summed E-state index contributed by atoms with van der Waals surface area (Å²) in [6.07, 6.45) is -4.63. The van der Waals surface area contributed by atoms with Crippen LogP contribution in [0.25, 0.3) is 11.3 Å². The molecule has 2 aromatic rings. The van der Waals surface area contributed by atoms with Crippen molar-refractivity contribution in [3.63, 3.8) is 0 Å². The average molecular weight is 274 g/mol. The molecule has 0 aliphatic heterocycles. The highest BCUT2D eigenvalue weighted by atomic mass is 19.4. The standard InChI is InChI=1S/C12H10F4N2O/c1-6-4-7(2-3-9(6)13)10-8(5-17)11(18-19-10)12(14,15)16/h2-4H,5,17H2,1H3. The molecule has 1 aromatic carbocycles. The molecule has 0 spiro atoms. The second kappa shape index (κ2) is 4.65. The molecule has 0 saturated heterocycles. The zero-order valence-corrected chi connectivity index (χ0v) is 9.88. The van der Waals surface area contributed by atoms with Gasteiger partial charge in [0.05, 0.1) is 0 Å². The van der Waals surface area contributed by atoms with Crippen molar-refractivity contribution in [2.75, 3.05) is 0 Å². The van der Waals surface area contributed by atoms with Gasteiger partial charge in [-0.2, -0.15) is 13.2 Å². The van der Waals surface area contributed by atoms with Crippen molar-refractivity contribution >= 4 is 0 Å². The highest BCUT2D eigenvalue weighted by Gasteiger charge is 2.39. The molecule has 19 heavy (non-hydrogen) atoms. The minimum atomic E-state index is -4.63. The third-order valence-corrected chi connectivity index (χ3v) is 2.68. The van der Waals surface area contributed by atoms with Crippen molar-refractivity contribution in [3.8, 4) is 11.3 Å². The zero-order valence-electron chi connectivity index (χ0n) is 9.88. The molecule has 0 unspecified atom stereocenters. The second-order valence-corrected chi connectivity index (χ2v) is 4.00. The first-order valence-corrected chi connectivity index (χ1v) is 5.37. The largest absolute Gasteiger partial charge is 0.437 e. The molecule has 0 radical (unpaired) electrons. The predicted molar refractivity (Wildman–Crippen MR) is 59.5 cm³/mol. The number of rotatable bonds is 2. The maximum atomic E-state index is 13.1. The van der Waals surface area contributed by atoms with E-state index >= 15 is 0 Å². The van der Waals surface area contributed by atoms with Crippen LogP contribution in [0.5, 0.6) is 0 Å². The predicted octanol–water partition coefficient (Wildman–Crippen LogP) is 3.27. The number of nitrogens with zero attached hydrogens (tertiary/aromatic N) is 1. The van der Waals surface area contributed by atoms with E-state index < -0.39 is 17.7 Å². The van der Waals surface area contributed by atoms with Gasteiger partial charge in [0.25, 0.3) is 0 Å². The summed E-state index contributed by atoms with van der Waals surface area (Å²) in [5.74, 6) is -0.536. The van der Waals surface area contributed by atoms with Gasteiger partial charge in [0.15, 0.2) is 11.5 Å². The molecule has 1 aromatic heterocycles. The Morgan fingerprint density at radius 3 is 2.53 bits per heavy atom. The van der Waals surface area contributed by atoms with Gasteiger partial charge in [-0.05, 0) is 30.7 Å². The van der Waals surface area contributed by atoms with Crippen LogP contribution in [-0.4, -0.2) is 5.16 Å². The first kappa shape index (κ1) is 13.5. The minimum Gasteiger partial charge on any atom is -0.355 e. The normalized spacial score (nSPS) is 11.9. The smallest absolute Gasteiger partial charge is 0.355 e. The van der Waals surface area contributed by atoms with Crippen LogP contribution in [0.15, 0.2) is 22.7 Å². The van der Waals surface area contributed by atoms with Crippen LogP contribution in [0.1, 0.15) is 16.8 Å². The van der Waals surface area contributed by atoms with Gasteiger partial charge in [-0.25, -0.2) is 4.39 Å². The number of hydrogen-bond donors (Lipinski definition) is 1. The summed E-state index contributed by atoms with van der Waals surface area (Å²) in [5.41, 5.74) is 4.54. The lowest BCUT2D eigenvalue weighted by molar-refractivity contribution is -0.143. The van der Waals surface area contributed by atoms with Gasteiger partial charge in [0.2, 0.25) is 0 Å². The number of hydrogen-bond acceptors (Lipinski definition) is 3. The van der Waals surface area contributed by atoms with Crippen molar-refractivity contribution in [2.45, 2.75) is 19.6 Å². The summed E-state index contributed by atoms with van der Waals surface area (Å²) in [5, 5.41) is 3.01. The van der Waals surface area contributed by atoms with Crippen LogP contribution in [0, 0.1) is 12.7 Å². The lowest BCUT2D eigenvalue weighted by Crippen LogP contribution is -2.11. The van der Waals surface area contributed by atoms with Gasteiger partial charge < -0.3 is 10.3 Å². The SMILES string of the molecule is Cc1cc(-c2onc(C(F)(F)F)c2CN)ccc1F. The second-order valence-electron chi connectivity index (χ2n) is 4.00. The van der Waals surface area contributed by atoms with E-state index in [1.807, 2.05) is 0 Å². The van der Waals surface area contributed by atoms with Gasteiger partial charge in [-0.3, -0.25) is 0 Å². The van der Waals surface area contributed by atoms with Crippen molar-refractivity contribution in [1.29, 1.82) is 0 Å². The Labute approximate surface area is 106 Å². The lowest BCUT2D eigenvalue weighted by atomic mass is 10.0. The van der Waals surface area contributed by atoms with E-state index in [2.05, 4.69) is 5.16 Å². The monoisotopic (exact) mass is 274 g/mol. The Kier molecular flexibility index (Phi) is 3.32. The third kappa shape index (κ3) is 2.46. The van der Waals surface area contributed by atoms with E-state index in [4.69, 9.17) is 10.3 Å². The Hall–Kier alpha value is -1.89. The van der Waals surface area contributed by atoms with Crippen LogP contribution in [0.3, 0.4) is 0 Å². The molecule has 0 aliphatic rings. The minimum absolute atomic E-state index is 0.0853. The average Bonchev–Trinajstić information content (AvgIpc) is 2.76. The molecule has 0 atom stereocenters. The quantitative estimate of drug-likeness (QED) is 0.855. The summed E-state index contributed by atoms with van der Waals surface area (Å²) in [7, 11) is 0. The van der Waals surface area contributed by atoms with Gasteiger partial charge >= 0.3 is 6.18 Å². The molecule has 1 heterocycles. The molecular weight excluding hydrogens is 264 g/mol. The molecule has 7 heteroatoms. The molecule has 102 valence electrons. The van der Waals surface area contributed by atoms with Crippen molar-refractivity contribution < 1.29 is 22.1 Å². The Balaban J connectivity index is 2.57. The van der Waals surface area contributed by atoms with Crippen LogP contribution >= 0.6 is 0 Å². The van der Waals surface area contributed by atoms with Crippen LogP contribution in [-0.2, 0) is 12.7 Å². The summed E-state index contributed by atoms with van der Waals surface area (Å²) in [6.45, 7) is 1.13. The summed E-state index contributed by atoms with van der Waals surface area (Å²) in [6, 6.07) is 3.86. The van der Waals surface area contributed by atoms with E-state index in [9.17, 15) is 17.6 Å². The number of aryl methyl sites for hydroxylation is 1. The Bertz CT molecular complexity index is 604. The van der Waals surface area contributed by atoms with Crippen molar-refractivity contribution in [1.82, 2.24) is 5.16 Å². The van der Waals surface area contributed by atoms with E-state index in [1.165, 1.54) is 19.1 Å². The molecule has 3 nitrogen and oxygen atoms in total. The van der Waals surface area contributed by atoms with Gasteiger partial charge in [0.1, 0.15) is 5.82 Å². The van der Waals surface area contributed by atoms with Gasteiger partial charge in [-0.1, -0.05) is 5.16 Å². The van der Waals surface area contributed by atoms with E-state index in [1.54, 1.807) is 0 Å². The molecule has 2 rings (SSSR count). The van der Waals surface area contributed by atoms with E-state index in [0.29, 0.717) is 11.1 Å². The van der Waals surface area contributed by atoms with Gasteiger partial charge in [0, 0.05) is 17.7 Å². The number of benzene rings is 1. The molecule has 0 fully saturated rings. The number of aromatic nitrogens is 1. The number of nitrogens with two attached hydrogens (primary N) is 1. The summed E-state index contributed by atoms with van der Waals surface area (Å²) < 4.78 is 55.9. The fourth-order valence-electron chi connectivity index (χ4n) is 1.73. The van der Waals surface area contributed by atoms with E-state index in [-0.39, 0.29) is 17.9 Å². The zero-order chi connectivity index (χ0) is 14.2. The molecule has 0 amide bonds. The first-order chi connectivity index (χ1) is 8.84. The molecule has 0 aliphatic carbocycles. The summed E-state index contributed by atoms with van der Waals surface area (Å²) in [4.78, 5) is 0. The highest BCUT2D eigenvalue weighted by Crippen LogP contribution is 2.36. The fourth-order valence-corrected chi connectivity index (χ4v) is 1.73. The van der Waals surface area contributed by atoms with Crippen molar-refractivity contribution in [3.05, 3.63) is 40.8 Å². The molecule has 0 bridgehead atoms. The number of halogens is 4. The van der Waals surface area contributed by atoms with Crippen LogP contribution < -0.4 is 5.73 Å². The van der Waals surface area contributed by atoms with Crippen LogP contribution in [0.2, 0.25) is 0 Å². The van der Waals surface area contributed by atoms with Crippen LogP contribution in [0.4, 0.5) is 17.6 Å². The first-order valence-electron chi connectivity index (χ1n) is 5.37. The summed E-state index contributed by atoms with van der Waals surface area (Å²) >= 11 is 0. The number of alkyl halides is 3. The molecular formula is C12H10F4N2O. The fraction of sp³-hybridized carbons (Fsp3) is 0.250. The topological polar surface area (TPSA) is 52.0 Å². The lowest BCUT2D eigenvalue weighted by Gasteiger charge is -2.05. The Morgan fingerprint density at radius 2 is 2.00 bits per heavy atom. The maximum Gasteiger partial charge on any atom is 0.437 e. The van der Waals surface area contributed by atoms with Gasteiger partial charge in [-0.15, -0.1) is 0 Å². The third-order valence-electron chi connectivity index (χ3n) is 2.68. The van der Waals surface area contributed by atoms with Crippen molar-refractivity contribution in [2.24, 2.45) is 5.73 Å². The Morgan fingerprint density at radius 1 is 1.32 bits per heavy atom. The highest BCUT2D eigenvalue weighted by molar-refractivity contribution is 5.63. The molecule has 0 saturated carbocycles. The maximum absolute atomic E-state index is 13.1.